The molecule has 1 fully saturated rings. The van der Waals surface area contributed by atoms with Crippen LogP contribution in [0.3, 0.4) is 0 Å². The molecule has 5 nitrogen and oxygen atoms in total. The summed E-state index contributed by atoms with van der Waals surface area (Å²) in [6.07, 6.45) is 0. The normalized spacial score (nSPS) is 16.7. The minimum absolute atomic E-state index is 0.324. The van der Waals surface area contributed by atoms with E-state index in [-0.39, 0.29) is 0 Å². The van der Waals surface area contributed by atoms with Crippen molar-refractivity contribution in [2.24, 2.45) is 0 Å². The monoisotopic (exact) mass is 360 g/mol. The predicted octanol–water partition coefficient (Wildman–Crippen LogP) is 2.92. The largest absolute Gasteiger partial charge is 0.478 e. The third-order valence-corrected chi connectivity index (χ3v) is 5.52. The number of aryl methyl sites for hydroxylation is 1. The van der Waals surface area contributed by atoms with Crippen molar-refractivity contribution in [3.05, 3.63) is 57.3 Å². The van der Waals surface area contributed by atoms with Gasteiger partial charge < -0.3 is 15.2 Å². The van der Waals surface area contributed by atoms with E-state index in [0.717, 1.165) is 38.4 Å². The Labute approximate surface area is 152 Å². The van der Waals surface area contributed by atoms with Crippen molar-refractivity contribution >= 4 is 17.3 Å². The fourth-order valence-corrected chi connectivity index (χ4v) is 4.11. The number of hydrogen-bond acceptors (Lipinski definition) is 5. The van der Waals surface area contributed by atoms with Crippen molar-refractivity contribution in [2.45, 2.75) is 19.5 Å². The number of morpholine rings is 1. The van der Waals surface area contributed by atoms with E-state index in [2.05, 4.69) is 29.3 Å². The van der Waals surface area contributed by atoms with Crippen molar-refractivity contribution < 1.29 is 14.6 Å². The number of ether oxygens (including phenoxy) is 1. The van der Waals surface area contributed by atoms with E-state index < -0.39 is 5.97 Å². The van der Waals surface area contributed by atoms with Gasteiger partial charge in [-0.25, -0.2) is 4.79 Å². The van der Waals surface area contributed by atoms with Crippen LogP contribution in [0.1, 0.15) is 31.7 Å². The van der Waals surface area contributed by atoms with Crippen molar-refractivity contribution in [2.75, 3.05) is 32.8 Å². The van der Waals surface area contributed by atoms with Gasteiger partial charge in [0.1, 0.15) is 0 Å². The van der Waals surface area contributed by atoms with Gasteiger partial charge in [-0.1, -0.05) is 12.1 Å². The third kappa shape index (κ3) is 4.89. The molecule has 0 amide bonds. The van der Waals surface area contributed by atoms with E-state index in [1.165, 1.54) is 9.75 Å². The highest BCUT2D eigenvalue weighted by Gasteiger charge is 2.23. The lowest BCUT2D eigenvalue weighted by atomic mass is 10.1. The summed E-state index contributed by atoms with van der Waals surface area (Å²) in [4.78, 5) is 16.2. The smallest absolute Gasteiger partial charge is 0.335 e. The topological polar surface area (TPSA) is 61.8 Å². The standard InChI is InChI=1S/C19H24N2O3S/c1-14-5-6-18(25-14)17(21-7-9-24-10-8-21)13-20-12-15-3-2-4-16(11-15)19(22)23/h2-6,11,17,20H,7-10,12-13H2,1H3,(H,22,23). The van der Waals surface area contributed by atoms with E-state index in [0.29, 0.717) is 18.2 Å². The number of carboxylic acid groups (broad SMARTS) is 1. The van der Waals surface area contributed by atoms with Gasteiger partial charge in [0.15, 0.2) is 0 Å². The summed E-state index contributed by atoms with van der Waals surface area (Å²) < 4.78 is 5.49. The number of hydrogen-bond donors (Lipinski definition) is 2. The molecule has 3 rings (SSSR count). The van der Waals surface area contributed by atoms with Crippen molar-refractivity contribution in [3.8, 4) is 0 Å². The number of aromatic carboxylic acids is 1. The second-order valence-electron chi connectivity index (χ2n) is 6.25. The number of carboxylic acids is 1. The molecule has 134 valence electrons. The summed E-state index contributed by atoms with van der Waals surface area (Å²) in [6, 6.07) is 11.8. The predicted molar refractivity (Wildman–Crippen MR) is 99.3 cm³/mol. The Morgan fingerprint density at radius 1 is 1.32 bits per heavy atom. The van der Waals surface area contributed by atoms with Gasteiger partial charge in [-0.05, 0) is 36.8 Å². The minimum Gasteiger partial charge on any atom is -0.478 e. The molecular formula is C19H24N2O3S. The molecule has 1 aliphatic heterocycles. The maximum Gasteiger partial charge on any atom is 0.335 e. The first kappa shape index (κ1) is 18.1. The molecule has 0 bridgehead atoms. The summed E-state index contributed by atoms with van der Waals surface area (Å²) in [5.74, 6) is -0.887. The minimum atomic E-state index is -0.887. The van der Waals surface area contributed by atoms with Gasteiger partial charge in [0.2, 0.25) is 0 Å². The highest BCUT2D eigenvalue weighted by molar-refractivity contribution is 7.12. The first-order valence-electron chi connectivity index (χ1n) is 8.54. The number of nitrogens with one attached hydrogen (secondary N) is 1. The number of rotatable bonds is 7. The number of thiophene rings is 1. The van der Waals surface area contributed by atoms with Crippen LogP contribution in [0.5, 0.6) is 0 Å². The van der Waals surface area contributed by atoms with E-state index >= 15 is 0 Å². The molecular weight excluding hydrogens is 336 g/mol. The van der Waals surface area contributed by atoms with Crippen molar-refractivity contribution in [3.63, 3.8) is 0 Å². The lowest BCUT2D eigenvalue weighted by Crippen LogP contribution is -2.42. The molecule has 1 unspecified atom stereocenters. The maximum atomic E-state index is 11.1. The second-order valence-corrected chi connectivity index (χ2v) is 7.57. The first-order valence-corrected chi connectivity index (χ1v) is 9.36. The zero-order chi connectivity index (χ0) is 17.6. The molecule has 1 aliphatic rings. The molecule has 0 radical (unpaired) electrons. The summed E-state index contributed by atoms with van der Waals surface area (Å²) in [5, 5.41) is 12.6. The molecule has 1 atom stereocenters. The van der Waals surface area contributed by atoms with Gasteiger partial charge in [0.05, 0.1) is 24.8 Å². The van der Waals surface area contributed by atoms with E-state index in [4.69, 9.17) is 9.84 Å². The fourth-order valence-electron chi connectivity index (χ4n) is 3.10. The fraction of sp³-hybridized carbons (Fsp3) is 0.421. The summed E-state index contributed by atoms with van der Waals surface area (Å²) in [5.41, 5.74) is 1.32. The van der Waals surface area contributed by atoms with Gasteiger partial charge in [-0.15, -0.1) is 11.3 Å². The Balaban J connectivity index is 1.64. The Hall–Kier alpha value is -1.73. The summed E-state index contributed by atoms with van der Waals surface area (Å²) in [7, 11) is 0. The molecule has 0 saturated carbocycles. The van der Waals surface area contributed by atoms with Crippen LogP contribution >= 0.6 is 11.3 Å². The van der Waals surface area contributed by atoms with Crippen LogP contribution in [0.25, 0.3) is 0 Å². The van der Waals surface area contributed by atoms with Gasteiger partial charge >= 0.3 is 5.97 Å². The molecule has 1 aromatic carbocycles. The average Bonchev–Trinajstić information content (AvgIpc) is 3.06. The molecule has 0 spiro atoms. The SMILES string of the molecule is Cc1ccc(C(CNCc2cccc(C(=O)O)c2)N2CCOCC2)s1. The first-order chi connectivity index (χ1) is 12.1. The van der Waals surface area contributed by atoms with Crippen molar-refractivity contribution in [1.29, 1.82) is 0 Å². The Morgan fingerprint density at radius 3 is 2.80 bits per heavy atom. The number of benzene rings is 1. The van der Waals surface area contributed by atoms with E-state index in [1.807, 2.05) is 17.4 Å². The quantitative estimate of drug-likeness (QED) is 0.795. The molecule has 25 heavy (non-hydrogen) atoms. The molecule has 1 saturated heterocycles. The van der Waals surface area contributed by atoms with Crippen LogP contribution in [0.4, 0.5) is 0 Å². The van der Waals surface area contributed by atoms with E-state index in [1.54, 1.807) is 18.2 Å². The second kappa shape index (κ2) is 8.58. The molecule has 2 heterocycles. The van der Waals surface area contributed by atoms with Crippen LogP contribution < -0.4 is 5.32 Å². The highest BCUT2D eigenvalue weighted by Crippen LogP contribution is 2.28. The zero-order valence-electron chi connectivity index (χ0n) is 14.4. The van der Waals surface area contributed by atoms with Gasteiger partial charge in [-0.3, -0.25) is 4.90 Å². The lowest BCUT2D eigenvalue weighted by molar-refractivity contribution is 0.0168. The van der Waals surface area contributed by atoms with Crippen LogP contribution in [-0.2, 0) is 11.3 Å². The van der Waals surface area contributed by atoms with Gasteiger partial charge in [-0.2, -0.15) is 0 Å². The Kier molecular flexibility index (Phi) is 6.20. The van der Waals surface area contributed by atoms with Crippen LogP contribution in [0.2, 0.25) is 0 Å². The van der Waals surface area contributed by atoms with Crippen molar-refractivity contribution in [1.82, 2.24) is 10.2 Å². The van der Waals surface area contributed by atoms with E-state index in [9.17, 15) is 4.79 Å². The third-order valence-electron chi connectivity index (χ3n) is 4.42. The molecule has 6 heteroatoms. The molecule has 0 aliphatic carbocycles. The number of nitrogens with zero attached hydrogens (tertiary/aromatic N) is 1. The summed E-state index contributed by atoms with van der Waals surface area (Å²) in [6.45, 7) is 7.07. The molecule has 2 aromatic rings. The number of carbonyl (C=O) groups is 1. The average molecular weight is 360 g/mol. The highest BCUT2D eigenvalue weighted by atomic mass is 32.1. The molecule has 2 N–H and O–H groups in total. The van der Waals surface area contributed by atoms with Gasteiger partial charge in [0, 0.05) is 35.9 Å². The van der Waals surface area contributed by atoms with Gasteiger partial charge in [0.25, 0.3) is 0 Å². The maximum absolute atomic E-state index is 11.1. The summed E-state index contributed by atoms with van der Waals surface area (Å²) >= 11 is 1.84. The van der Waals surface area contributed by atoms with Crippen LogP contribution in [-0.4, -0.2) is 48.8 Å². The Morgan fingerprint density at radius 2 is 2.12 bits per heavy atom. The Bertz CT molecular complexity index is 710. The lowest BCUT2D eigenvalue weighted by Gasteiger charge is -2.34. The zero-order valence-corrected chi connectivity index (χ0v) is 15.2. The molecule has 1 aromatic heterocycles. The van der Waals surface area contributed by atoms with Crippen LogP contribution in [0, 0.1) is 6.92 Å². The van der Waals surface area contributed by atoms with Crippen LogP contribution in [0.15, 0.2) is 36.4 Å².